The Morgan fingerprint density at radius 1 is 1.26 bits per heavy atom. The van der Waals surface area contributed by atoms with E-state index in [1.807, 2.05) is 24.8 Å². The summed E-state index contributed by atoms with van der Waals surface area (Å²) in [6, 6.07) is 6.93. The van der Waals surface area contributed by atoms with E-state index in [0.717, 1.165) is 12.8 Å². The van der Waals surface area contributed by atoms with Crippen LogP contribution in [0, 0.1) is 10.8 Å². The Labute approximate surface area is 141 Å². The molecule has 1 heterocycles. The SMILES string of the molecule is CC1(C)C[C@@]2(C=C(N)C1=O)CCN(C(=O)c1ccc(Cl)cc1)C2. The van der Waals surface area contributed by atoms with E-state index >= 15 is 0 Å². The molecule has 0 saturated carbocycles. The van der Waals surface area contributed by atoms with E-state index in [2.05, 4.69) is 0 Å². The van der Waals surface area contributed by atoms with Crippen LogP contribution in [0.2, 0.25) is 5.02 Å². The van der Waals surface area contributed by atoms with Gasteiger partial charge in [0.2, 0.25) is 0 Å². The summed E-state index contributed by atoms with van der Waals surface area (Å²) < 4.78 is 0. The Hall–Kier alpha value is -1.81. The average molecular weight is 333 g/mol. The maximum absolute atomic E-state index is 12.7. The molecule has 1 aliphatic carbocycles. The molecule has 1 atom stereocenters. The summed E-state index contributed by atoms with van der Waals surface area (Å²) in [6.45, 7) is 5.14. The predicted octanol–water partition coefficient (Wildman–Crippen LogP) is 3.01. The third-order valence-electron chi connectivity index (χ3n) is 4.90. The number of ketones is 1. The van der Waals surface area contributed by atoms with E-state index in [0.29, 0.717) is 29.4 Å². The Kier molecular flexibility index (Phi) is 3.75. The normalized spacial score (nSPS) is 26.5. The zero-order valence-electron chi connectivity index (χ0n) is 13.4. The summed E-state index contributed by atoms with van der Waals surface area (Å²) in [6.07, 6.45) is 3.45. The Balaban J connectivity index is 1.82. The number of rotatable bonds is 1. The van der Waals surface area contributed by atoms with Crippen molar-refractivity contribution in [3.8, 4) is 0 Å². The molecule has 0 unspecified atom stereocenters. The number of carbonyl (C=O) groups is 2. The van der Waals surface area contributed by atoms with E-state index in [1.54, 1.807) is 24.3 Å². The number of halogens is 1. The van der Waals surface area contributed by atoms with E-state index < -0.39 is 5.41 Å². The number of nitrogens with two attached hydrogens (primary N) is 1. The van der Waals surface area contributed by atoms with Gasteiger partial charge in [-0.1, -0.05) is 25.4 Å². The van der Waals surface area contributed by atoms with Crippen molar-refractivity contribution in [2.24, 2.45) is 16.6 Å². The highest BCUT2D eigenvalue weighted by molar-refractivity contribution is 6.30. The lowest BCUT2D eigenvalue weighted by atomic mass is 9.65. The van der Waals surface area contributed by atoms with Crippen LogP contribution in [-0.2, 0) is 4.79 Å². The molecule has 0 aromatic heterocycles. The van der Waals surface area contributed by atoms with E-state index in [4.69, 9.17) is 17.3 Å². The molecular weight excluding hydrogens is 312 g/mol. The molecule has 4 nitrogen and oxygen atoms in total. The quantitative estimate of drug-likeness (QED) is 0.859. The van der Waals surface area contributed by atoms with E-state index in [1.165, 1.54) is 0 Å². The number of hydrogen-bond acceptors (Lipinski definition) is 3. The largest absolute Gasteiger partial charge is 0.396 e. The highest BCUT2D eigenvalue weighted by Gasteiger charge is 2.48. The molecule has 1 aromatic rings. The van der Waals surface area contributed by atoms with Crippen LogP contribution < -0.4 is 5.73 Å². The van der Waals surface area contributed by atoms with Crippen molar-refractivity contribution in [3.05, 3.63) is 46.6 Å². The second-order valence-electron chi connectivity index (χ2n) is 7.34. The van der Waals surface area contributed by atoms with Gasteiger partial charge in [-0.25, -0.2) is 0 Å². The third-order valence-corrected chi connectivity index (χ3v) is 5.15. The lowest BCUT2D eigenvalue weighted by Crippen LogP contribution is -2.42. The van der Waals surface area contributed by atoms with Crippen LogP contribution in [0.25, 0.3) is 0 Å². The van der Waals surface area contributed by atoms with Gasteiger partial charge in [0.05, 0.1) is 5.70 Å². The minimum Gasteiger partial charge on any atom is -0.396 e. The first-order valence-corrected chi connectivity index (χ1v) is 8.18. The fourth-order valence-corrected chi connectivity index (χ4v) is 4.03. The van der Waals surface area contributed by atoms with Crippen LogP contribution in [0.15, 0.2) is 36.0 Å². The molecule has 1 amide bonds. The Morgan fingerprint density at radius 2 is 1.91 bits per heavy atom. The third kappa shape index (κ3) is 2.88. The second-order valence-corrected chi connectivity index (χ2v) is 7.77. The molecule has 122 valence electrons. The molecule has 1 spiro atoms. The molecule has 1 saturated heterocycles. The molecule has 2 aliphatic rings. The van der Waals surface area contributed by atoms with Crippen LogP contribution >= 0.6 is 11.6 Å². The van der Waals surface area contributed by atoms with Gasteiger partial charge in [0.1, 0.15) is 0 Å². The van der Waals surface area contributed by atoms with Crippen molar-refractivity contribution >= 4 is 23.3 Å². The van der Waals surface area contributed by atoms with Crippen molar-refractivity contribution in [2.75, 3.05) is 13.1 Å². The standard InChI is InChI=1S/C18H21ClN2O2/c1-17(2)10-18(9-14(20)15(17)22)7-8-21(11-18)16(23)12-3-5-13(19)6-4-12/h3-6,9H,7-8,10-11,20H2,1-2H3/t18-/m0/s1. The highest BCUT2D eigenvalue weighted by Crippen LogP contribution is 2.47. The minimum absolute atomic E-state index is 0.000203. The number of nitrogens with zero attached hydrogens (tertiary/aromatic N) is 1. The van der Waals surface area contributed by atoms with Crippen LogP contribution in [0.3, 0.4) is 0 Å². The molecule has 0 bridgehead atoms. The Morgan fingerprint density at radius 3 is 2.52 bits per heavy atom. The lowest BCUT2D eigenvalue weighted by Gasteiger charge is -2.39. The van der Waals surface area contributed by atoms with E-state index in [9.17, 15) is 9.59 Å². The number of hydrogen-bond donors (Lipinski definition) is 1. The molecule has 1 aromatic carbocycles. The number of amides is 1. The summed E-state index contributed by atoms with van der Waals surface area (Å²) in [5, 5.41) is 0.614. The zero-order valence-corrected chi connectivity index (χ0v) is 14.2. The number of benzene rings is 1. The van der Waals surface area contributed by atoms with Crippen molar-refractivity contribution in [3.63, 3.8) is 0 Å². The summed E-state index contributed by atoms with van der Waals surface area (Å²) in [7, 11) is 0. The van der Waals surface area contributed by atoms with Crippen molar-refractivity contribution < 1.29 is 9.59 Å². The van der Waals surface area contributed by atoms with Gasteiger partial charge in [-0.05, 0) is 43.2 Å². The first-order valence-electron chi connectivity index (χ1n) is 7.80. The molecule has 23 heavy (non-hydrogen) atoms. The maximum atomic E-state index is 12.7. The summed E-state index contributed by atoms with van der Waals surface area (Å²) in [4.78, 5) is 26.7. The summed E-state index contributed by atoms with van der Waals surface area (Å²) in [5.74, 6) is 0.00539. The van der Waals surface area contributed by atoms with Crippen LogP contribution in [-0.4, -0.2) is 29.7 Å². The van der Waals surface area contributed by atoms with Crippen LogP contribution in [0.1, 0.15) is 37.0 Å². The van der Waals surface area contributed by atoms with Crippen LogP contribution in [0.4, 0.5) is 0 Å². The number of Topliss-reactive ketones (excluding diaryl/α,β-unsaturated/α-hetero) is 1. The van der Waals surface area contributed by atoms with Crippen molar-refractivity contribution in [1.82, 2.24) is 4.90 Å². The van der Waals surface area contributed by atoms with Gasteiger partial charge >= 0.3 is 0 Å². The molecule has 0 radical (unpaired) electrons. The smallest absolute Gasteiger partial charge is 0.253 e. The number of allylic oxidation sites excluding steroid dienone is 1. The Bertz CT molecular complexity index is 693. The zero-order chi connectivity index (χ0) is 16.8. The average Bonchev–Trinajstić information content (AvgIpc) is 2.88. The molecule has 1 aliphatic heterocycles. The summed E-state index contributed by atoms with van der Waals surface area (Å²) >= 11 is 5.88. The maximum Gasteiger partial charge on any atom is 0.253 e. The van der Waals surface area contributed by atoms with Gasteiger partial charge in [-0.2, -0.15) is 0 Å². The predicted molar refractivity (Wildman–Crippen MR) is 90.1 cm³/mol. The van der Waals surface area contributed by atoms with Gasteiger partial charge in [0.25, 0.3) is 5.91 Å². The minimum atomic E-state index is -0.474. The van der Waals surface area contributed by atoms with E-state index in [-0.39, 0.29) is 17.1 Å². The molecular formula is C18H21ClN2O2. The first-order chi connectivity index (χ1) is 10.7. The van der Waals surface area contributed by atoms with Crippen molar-refractivity contribution in [2.45, 2.75) is 26.7 Å². The van der Waals surface area contributed by atoms with Gasteiger partial charge < -0.3 is 10.6 Å². The van der Waals surface area contributed by atoms with Gasteiger partial charge in [0.15, 0.2) is 5.78 Å². The topological polar surface area (TPSA) is 63.4 Å². The number of carbonyl (C=O) groups excluding carboxylic acids is 2. The van der Waals surface area contributed by atoms with Crippen LogP contribution in [0.5, 0.6) is 0 Å². The first kappa shape index (κ1) is 16.1. The second kappa shape index (κ2) is 5.38. The molecule has 2 N–H and O–H groups in total. The van der Waals surface area contributed by atoms with Gasteiger partial charge in [0, 0.05) is 34.5 Å². The van der Waals surface area contributed by atoms with Gasteiger partial charge in [-0.15, -0.1) is 0 Å². The molecule has 3 rings (SSSR count). The fourth-order valence-electron chi connectivity index (χ4n) is 3.90. The molecule has 1 fully saturated rings. The van der Waals surface area contributed by atoms with Crippen molar-refractivity contribution in [1.29, 1.82) is 0 Å². The lowest BCUT2D eigenvalue weighted by molar-refractivity contribution is -0.125. The fraction of sp³-hybridized carbons (Fsp3) is 0.444. The number of likely N-dealkylation sites (tertiary alicyclic amines) is 1. The monoisotopic (exact) mass is 332 g/mol. The summed E-state index contributed by atoms with van der Waals surface area (Å²) in [5.41, 5.74) is 6.26. The highest BCUT2D eigenvalue weighted by atomic mass is 35.5. The van der Waals surface area contributed by atoms with Gasteiger partial charge in [-0.3, -0.25) is 9.59 Å². The molecule has 5 heteroatoms.